The van der Waals surface area contributed by atoms with Gasteiger partial charge in [-0.2, -0.15) is 0 Å². The topological polar surface area (TPSA) is 73.8 Å². The van der Waals surface area contributed by atoms with Crippen LogP contribution in [-0.4, -0.2) is 71.4 Å². The van der Waals surface area contributed by atoms with Crippen LogP contribution in [0.15, 0.2) is 30.6 Å². The zero-order valence-corrected chi connectivity index (χ0v) is 16.9. The zero-order chi connectivity index (χ0) is 19.8. The number of piperidine rings is 1. The van der Waals surface area contributed by atoms with E-state index in [2.05, 4.69) is 26.8 Å². The van der Waals surface area contributed by atoms with Crippen LogP contribution >= 0.6 is 0 Å². The van der Waals surface area contributed by atoms with Gasteiger partial charge in [-0.05, 0) is 50.7 Å². The van der Waals surface area contributed by atoms with Crippen molar-refractivity contribution in [3.63, 3.8) is 0 Å². The Balaban J connectivity index is 1.54. The fourth-order valence-corrected chi connectivity index (χ4v) is 3.62. The number of likely N-dealkylation sites (tertiary alicyclic amines) is 1. The van der Waals surface area contributed by atoms with Crippen LogP contribution in [0.3, 0.4) is 0 Å². The number of ether oxygens (including phenoxy) is 2. The number of hydrogen-bond acceptors (Lipinski definition) is 6. The number of H-pyrrole nitrogens is 1. The summed E-state index contributed by atoms with van der Waals surface area (Å²) in [6.07, 6.45) is 6.81. The number of methoxy groups -OCH3 is 1. The standard InChI is InChI=1S/C21H32N4O3/c1-24(15-21-22-8-9-23-21)13-17-6-7-19(27-2)20(12-17)28-16-18(26)14-25-10-4-3-5-11-25/h6-9,12,18,26H,3-5,10-11,13-16H2,1-2H3,(H,22,23). The molecular formula is C21H32N4O3. The number of benzene rings is 1. The van der Waals surface area contributed by atoms with Crippen molar-refractivity contribution >= 4 is 0 Å². The third-order valence-electron chi connectivity index (χ3n) is 5.00. The molecule has 2 heterocycles. The van der Waals surface area contributed by atoms with E-state index < -0.39 is 6.10 Å². The van der Waals surface area contributed by atoms with Gasteiger partial charge in [0.25, 0.3) is 0 Å². The first kappa shape index (κ1) is 20.6. The van der Waals surface area contributed by atoms with Crippen LogP contribution in [0, 0.1) is 0 Å². The number of imidazole rings is 1. The first-order valence-corrected chi connectivity index (χ1v) is 10.0. The Morgan fingerprint density at radius 2 is 2.04 bits per heavy atom. The molecule has 1 unspecified atom stereocenters. The molecule has 7 nitrogen and oxygen atoms in total. The van der Waals surface area contributed by atoms with Crippen molar-refractivity contribution in [3.05, 3.63) is 42.0 Å². The van der Waals surface area contributed by atoms with E-state index in [1.807, 2.05) is 24.4 Å². The largest absolute Gasteiger partial charge is 0.493 e. The first-order chi connectivity index (χ1) is 13.6. The number of aromatic amines is 1. The average molecular weight is 389 g/mol. The maximum Gasteiger partial charge on any atom is 0.161 e. The fraction of sp³-hybridized carbons (Fsp3) is 0.571. The van der Waals surface area contributed by atoms with Gasteiger partial charge >= 0.3 is 0 Å². The lowest BCUT2D eigenvalue weighted by molar-refractivity contribution is 0.0608. The van der Waals surface area contributed by atoms with E-state index in [1.54, 1.807) is 13.3 Å². The molecule has 1 aromatic heterocycles. The van der Waals surface area contributed by atoms with E-state index in [9.17, 15) is 5.11 Å². The molecule has 0 radical (unpaired) electrons. The number of nitrogens with one attached hydrogen (secondary N) is 1. The van der Waals surface area contributed by atoms with E-state index in [0.717, 1.165) is 37.6 Å². The maximum atomic E-state index is 10.4. The summed E-state index contributed by atoms with van der Waals surface area (Å²) in [6.45, 7) is 4.56. The van der Waals surface area contributed by atoms with Crippen molar-refractivity contribution in [2.45, 2.75) is 38.5 Å². The Morgan fingerprint density at radius 1 is 1.21 bits per heavy atom. The van der Waals surface area contributed by atoms with Crippen molar-refractivity contribution in [1.29, 1.82) is 0 Å². The van der Waals surface area contributed by atoms with Crippen LogP contribution in [0.1, 0.15) is 30.7 Å². The number of aromatic nitrogens is 2. The summed E-state index contributed by atoms with van der Waals surface area (Å²) in [7, 11) is 3.69. The lowest BCUT2D eigenvalue weighted by Crippen LogP contribution is -2.38. The van der Waals surface area contributed by atoms with Gasteiger partial charge in [0.05, 0.1) is 13.7 Å². The van der Waals surface area contributed by atoms with Gasteiger partial charge in [-0.15, -0.1) is 0 Å². The van der Waals surface area contributed by atoms with E-state index in [4.69, 9.17) is 9.47 Å². The molecule has 1 aliphatic rings. The smallest absolute Gasteiger partial charge is 0.161 e. The highest BCUT2D eigenvalue weighted by Crippen LogP contribution is 2.29. The Bertz CT molecular complexity index is 702. The monoisotopic (exact) mass is 388 g/mol. The number of rotatable bonds is 10. The maximum absolute atomic E-state index is 10.4. The molecule has 1 aliphatic heterocycles. The van der Waals surface area contributed by atoms with Crippen LogP contribution in [0.4, 0.5) is 0 Å². The zero-order valence-electron chi connectivity index (χ0n) is 16.9. The molecule has 1 atom stereocenters. The van der Waals surface area contributed by atoms with Gasteiger partial charge in [-0.1, -0.05) is 12.5 Å². The second-order valence-electron chi connectivity index (χ2n) is 7.52. The lowest BCUT2D eigenvalue weighted by atomic mass is 10.1. The number of aliphatic hydroxyl groups is 1. The van der Waals surface area contributed by atoms with Crippen molar-refractivity contribution in [2.24, 2.45) is 0 Å². The van der Waals surface area contributed by atoms with E-state index >= 15 is 0 Å². The molecule has 2 aromatic rings. The Morgan fingerprint density at radius 3 is 2.75 bits per heavy atom. The molecule has 0 amide bonds. The molecule has 1 aromatic carbocycles. The van der Waals surface area contributed by atoms with Crippen LogP contribution in [0.2, 0.25) is 0 Å². The first-order valence-electron chi connectivity index (χ1n) is 10.0. The highest BCUT2D eigenvalue weighted by molar-refractivity contribution is 5.43. The summed E-state index contributed by atoms with van der Waals surface area (Å²) < 4.78 is 11.3. The lowest BCUT2D eigenvalue weighted by Gasteiger charge is -2.28. The predicted octanol–water partition coefficient (Wildman–Crippen LogP) is 2.28. The second-order valence-corrected chi connectivity index (χ2v) is 7.52. The SMILES string of the molecule is COc1ccc(CN(C)Cc2ncc[nH]2)cc1OCC(O)CN1CCCCC1. The number of hydrogen-bond donors (Lipinski definition) is 2. The molecule has 1 saturated heterocycles. The number of aliphatic hydroxyl groups excluding tert-OH is 1. The third-order valence-corrected chi connectivity index (χ3v) is 5.00. The molecule has 3 rings (SSSR count). The van der Waals surface area contributed by atoms with E-state index in [1.165, 1.54) is 19.3 Å². The third kappa shape index (κ3) is 6.22. The van der Waals surface area contributed by atoms with Gasteiger partial charge < -0.3 is 24.5 Å². The normalized spacial score (nSPS) is 16.3. The van der Waals surface area contributed by atoms with Gasteiger partial charge in [0.15, 0.2) is 11.5 Å². The van der Waals surface area contributed by atoms with Gasteiger partial charge in [0.1, 0.15) is 18.5 Å². The molecule has 0 spiro atoms. The second kappa shape index (κ2) is 10.5. The summed E-state index contributed by atoms with van der Waals surface area (Å²) in [6, 6.07) is 5.95. The molecule has 1 fully saturated rings. The minimum absolute atomic E-state index is 0.262. The summed E-state index contributed by atoms with van der Waals surface area (Å²) in [5.74, 6) is 2.29. The minimum atomic E-state index is -0.506. The van der Waals surface area contributed by atoms with Crippen molar-refractivity contribution in [3.8, 4) is 11.5 Å². The predicted molar refractivity (Wildman–Crippen MR) is 109 cm³/mol. The molecule has 0 saturated carbocycles. The summed E-state index contributed by atoms with van der Waals surface area (Å²) in [4.78, 5) is 11.9. The van der Waals surface area contributed by atoms with E-state index in [0.29, 0.717) is 18.0 Å². The van der Waals surface area contributed by atoms with Crippen LogP contribution in [0.5, 0.6) is 11.5 Å². The fourth-order valence-electron chi connectivity index (χ4n) is 3.62. The highest BCUT2D eigenvalue weighted by atomic mass is 16.5. The Labute approximate surface area is 167 Å². The number of nitrogens with zero attached hydrogens (tertiary/aromatic N) is 3. The molecule has 154 valence electrons. The summed E-state index contributed by atoms with van der Waals surface area (Å²) in [5.41, 5.74) is 1.12. The van der Waals surface area contributed by atoms with Gasteiger partial charge in [-0.3, -0.25) is 4.90 Å². The van der Waals surface area contributed by atoms with Crippen LogP contribution < -0.4 is 9.47 Å². The van der Waals surface area contributed by atoms with Crippen molar-refractivity contribution in [2.75, 3.05) is 40.4 Å². The molecule has 2 N–H and O–H groups in total. The minimum Gasteiger partial charge on any atom is -0.493 e. The Hall–Kier alpha value is -2.09. The molecule has 7 heteroatoms. The molecule has 0 bridgehead atoms. The summed E-state index contributed by atoms with van der Waals surface area (Å²) >= 11 is 0. The van der Waals surface area contributed by atoms with Gasteiger partial charge in [-0.25, -0.2) is 4.98 Å². The van der Waals surface area contributed by atoms with Crippen LogP contribution in [0.25, 0.3) is 0 Å². The van der Waals surface area contributed by atoms with Crippen LogP contribution in [-0.2, 0) is 13.1 Å². The van der Waals surface area contributed by atoms with E-state index in [-0.39, 0.29) is 6.61 Å². The van der Waals surface area contributed by atoms with Crippen molar-refractivity contribution < 1.29 is 14.6 Å². The molecular weight excluding hydrogens is 356 g/mol. The summed E-state index contributed by atoms with van der Waals surface area (Å²) in [5, 5.41) is 10.4. The molecule has 28 heavy (non-hydrogen) atoms. The Kier molecular flexibility index (Phi) is 7.71. The number of β-amino-alcohol motifs (C(OH)–C–C–N with tert-alkyl or cyclic N) is 1. The van der Waals surface area contributed by atoms with Crippen molar-refractivity contribution in [1.82, 2.24) is 19.8 Å². The highest BCUT2D eigenvalue weighted by Gasteiger charge is 2.16. The average Bonchev–Trinajstić information content (AvgIpc) is 3.20. The molecule has 0 aliphatic carbocycles. The van der Waals surface area contributed by atoms with Gasteiger partial charge in [0, 0.05) is 25.5 Å². The quantitative estimate of drug-likeness (QED) is 0.651. The van der Waals surface area contributed by atoms with Gasteiger partial charge in [0.2, 0.25) is 0 Å².